The van der Waals surface area contributed by atoms with Gasteiger partial charge in [0.05, 0.1) is 10.3 Å². The molecule has 2 saturated carbocycles. The van der Waals surface area contributed by atoms with E-state index < -0.39 is 21.2 Å². The minimum absolute atomic E-state index is 0.0222. The lowest BCUT2D eigenvalue weighted by Crippen LogP contribution is -2.43. The number of fused-ring (bicyclic) bond motifs is 2. The number of nitrogens with one attached hydrogen (secondary N) is 1. The van der Waals surface area contributed by atoms with Crippen LogP contribution in [0.15, 0.2) is 24.3 Å². The monoisotopic (exact) mass is 316 g/mol. The first kappa shape index (κ1) is 15.6. The van der Waals surface area contributed by atoms with Gasteiger partial charge in [0.25, 0.3) is 5.69 Å². The zero-order valence-corrected chi connectivity index (χ0v) is 13.5. The Morgan fingerprint density at radius 2 is 1.78 bits per heavy atom. The van der Waals surface area contributed by atoms with Gasteiger partial charge in [-0.05, 0) is 30.4 Å². The highest BCUT2D eigenvalue weighted by Crippen LogP contribution is 2.70. The van der Waals surface area contributed by atoms with Gasteiger partial charge in [0.1, 0.15) is 5.78 Å². The van der Waals surface area contributed by atoms with Gasteiger partial charge in [0.15, 0.2) is 0 Å². The molecule has 1 N–H and O–H groups in total. The van der Waals surface area contributed by atoms with E-state index in [-0.39, 0.29) is 23.8 Å². The minimum Gasteiger partial charge on any atom is -0.326 e. The van der Waals surface area contributed by atoms with Crippen molar-refractivity contribution in [3.8, 4) is 0 Å². The van der Waals surface area contributed by atoms with Crippen LogP contribution in [0, 0.1) is 26.4 Å². The Labute approximate surface area is 134 Å². The number of rotatable bonds is 3. The summed E-state index contributed by atoms with van der Waals surface area (Å²) in [6.07, 6.45) is 1.70. The number of carbonyl (C=O) groups excluding carboxylic acids is 2. The molecule has 0 heterocycles. The van der Waals surface area contributed by atoms with Crippen molar-refractivity contribution in [1.29, 1.82) is 0 Å². The van der Waals surface area contributed by atoms with Gasteiger partial charge in [-0.3, -0.25) is 19.7 Å². The summed E-state index contributed by atoms with van der Waals surface area (Å²) >= 11 is 0. The highest BCUT2D eigenvalue weighted by Gasteiger charge is 2.72. The van der Waals surface area contributed by atoms with E-state index in [0.717, 1.165) is 6.42 Å². The van der Waals surface area contributed by atoms with Crippen LogP contribution in [0.2, 0.25) is 0 Å². The SMILES string of the molecule is CC1(C)[C@@]2(C(=O)Nc3ccc([N+](=O)[O-])cc3)CC[C@]1(C)C(=O)C2. The van der Waals surface area contributed by atoms with E-state index in [2.05, 4.69) is 5.32 Å². The Hall–Kier alpha value is -2.24. The van der Waals surface area contributed by atoms with Crippen molar-refractivity contribution in [2.24, 2.45) is 16.2 Å². The van der Waals surface area contributed by atoms with Crippen LogP contribution in [0.4, 0.5) is 11.4 Å². The number of ketones is 1. The molecular formula is C17H20N2O4. The number of nitro benzene ring substituents is 1. The zero-order chi connectivity index (χ0) is 17.0. The molecule has 2 fully saturated rings. The Kier molecular flexibility index (Phi) is 3.15. The standard InChI is InChI=1S/C17H20N2O4/c1-15(2)16(3)8-9-17(15,10-13(16)20)14(21)18-11-4-6-12(7-5-11)19(22)23/h4-7H,8-10H2,1-3H3,(H,18,21)/t16-,17+/m1/s1. The van der Waals surface area contributed by atoms with Crippen LogP contribution in [0.25, 0.3) is 0 Å². The van der Waals surface area contributed by atoms with E-state index in [1.807, 2.05) is 20.8 Å². The lowest BCUT2D eigenvalue weighted by atomic mass is 9.64. The number of Topliss-reactive ketones (excluding diaryl/α,β-unsaturated/α-hetero) is 1. The third kappa shape index (κ3) is 1.87. The molecule has 6 nitrogen and oxygen atoms in total. The molecule has 0 aliphatic heterocycles. The first-order valence-corrected chi connectivity index (χ1v) is 7.73. The molecular weight excluding hydrogens is 296 g/mol. The van der Waals surface area contributed by atoms with E-state index in [1.165, 1.54) is 24.3 Å². The topological polar surface area (TPSA) is 89.3 Å². The molecule has 2 aliphatic rings. The first-order chi connectivity index (χ1) is 10.6. The second-order valence-corrected chi connectivity index (χ2v) is 7.40. The number of amides is 1. The maximum absolute atomic E-state index is 12.9. The van der Waals surface area contributed by atoms with Crippen LogP contribution in [-0.2, 0) is 9.59 Å². The molecule has 2 aliphatic carbocycles. The fourth-order valence-electron chi connectivity index (χ4n) is 4.28. The van der Waals surface area contributed by atoms with Crippen molar-refractivity contribution in [3.63, 3.8) is 0 Å². The molecule has 122 valence electrons. The molecule has 2 bridgehead atoms. The predicted molar refractivity (Wildman–Crippen MR) is 84.9 cm³/mol. The predicted octanol–water partition coefficient (Wildman–Crippen LogP) is 3.32. The zero-order valence-electron chi connectivity index (χ0n) is 13.5. The average Bonchev–Trinajstić information content (AvgIpc) is 2.78. The molecule has 0 unspecified atom stereocenters. The second-order valence-electron chi connectivity index (χ2n) is 7.40. The maximum atomic E-state index is 12.9. The van der Waals surface area contributed by atoms with Gasteiger partial charge in [-0.25, -0.2) is 0 Å². The normalized spacial score (nSPS) is 31.2. The minimum atomic E-state index is -0.694. The van der Waals surface area contributed by atoms with E-state index in [0.29, 0.717) is 12.1 Å². The molecule has 1 aromatic carbocycles. The van der Waals surface area contributed by atoms with E-state index in [1.54, 1.807) is 0 Å². The molecule has 6 heteroatoms. The fraction of sp³-hybridized carbons (Fsp3) is 0.529. The van der Waals surface area contributed by atoms with Crippen LogP contribution in [0.1, 0.15) is 40.0 Å². The molecule has 1 amide bonds. The van der Waals surface area contributed by atoms with Crippen molar-refractivity contribution in [2.75, 3.05) is 5.32 Å². The number of hydrogen-bond acceptors (Lipinski definition) is 4. The van der Waals surface area contributed by atoms with Crippen LogP contribution < -0.4 is 5.32 Å². The Balaban J connectivity index is 1.86. The molecule has 0 spiro atoms. The van der Waals surface area contributed by atoms with Crippen molar-refractivity contribution in [1.82, 2.24) is 0 Å². The van der Waals surface area contributed by atoms with Crippen LogP contribution in [-0.4, -0.2) is 16.6 Å². The summed E-state index contributed by atoms with van der Waals surface area (Å²) in [6.45, 7) is 5.96. The summed E-state index contributed by atoms with van der Waals surface area (Å²) < 4.78 is 0. The quantitative estimate of drug-likeness (QED) is 0.684. The van der Waals surface area contributed by atoms with Crippen molar-refractivity contribution >= 4 is 23.1 Å². The number of hydrogen-bond donors (Lipinski definition) is 1. The summed E-state index contributed by atoms with van der Waals surface area (Å²) in [7, 11) is 0. The number of carbonyl (C=O) groups is 2. The first-order valence-electron chi connectivity index (χ1n) is 7.73. The summed E-state index contributed by atoms with van der Waals surface area (Å²) in [5.74, 6) is -0.00136. The highest BCUT2D eigenvalue weighted by atomic mass is 16.6. The highest BCUT2D eigenvalue weighted by molar-refractivity contribution is 6.04. The number of nitro groups is 1. The smallest absolute Gasteiger partial charge is 0.269 e. The number of nitrogens with zero attached hydrogens (tertiary/aromatic N) is 1. The second kappa shape index (κ2) is 4.63. The largest absolute Gasteiger partial charge is 0.326 e. The summed E-state index contributed by atoms with van der Waals surface area (Å²) in [5.41, 5.74) is -1.05. The van der Waals surface area contributed by atoms with Crippen molar-refractivity contribution in [3.05, 3.63) is 34.4 Å². The van der Waals surface area contributed by atoms with Gasteiger partial charge in [-0.1, -0.05) is 20.8 Å². The van der Waals surface area contributed by atoms with Crippen LogP contribution in [0.5, 0.6) is 0 Å². The summed E-state index contributed by atoms with van der Waals surface area (Å²) in [5, 5.41) is 13.5. The molecule has 0 saturated heterocycles. The lowest BCUT2D eigenvalue weighted by molar-refractivity contribution is -0.384. The number of anilines is 1. The van der Waals surface area contributed by atoms with E-state index in [4.69, 9.17) is 0 Å². The van der Waals surface area contributed by atoms with Crippen LogP contribution in [0.3, 0.4) is 0 Å². The van der Waals surface area contributed by atoms with Gasteiger partial charge >= 0.3 is 0 Å². The third-order valence-corrected chi connectivity index (χ3v) is 6.48. The molecule has 0 radical (unpaired) electrons. The van der Waals surface area contributed by atoms with Gasteiger partial charge in [-0.2, -0.15) is 0 Å². The van der Waals surface area contributed by atoms with Gasteiger partial charge in [0, 0.05) is 29.7 Å². The average molecular weight is 316 g/mol. The van der Waals surface area contributed by atoms with Gasteiger partial charge in [0.2, 0.25) is 5.91 Å². The Bertz CT molecular complexity index is 710. The molecule has 1 aromatic rings. The molecule has 3 rings (SSSR count). The van der Waals surface area contributed by atoms with Crippen molar-refractivity contribution in [2.45, 2.75) is 40.0 Å². The van der Waals surface area contributed by atoms with Gasteiger partial charge < -0.3 is 5.32 Å². The summed E-state index contributed by atoms with van der Waals surface area (Å²) in [6, 6.07) is 5.75. The lowest BCUT2D eigenvalue weighted by Gasteiger charge is -2.38. The molecule has 23 heavy (non-hydrogen) atoms. The number of non-ortho nitro benzene ring substituents is 1. The Morgan fingerprint density at radius 3 is 2.22 bits per heavy atom. The number of benzene rings is 1. The van der Waals surface area contributed by atoms with Crippen molar-refractivity contribution < 1.29 is 14.5 Å². The van der Waals surface area contributed by atoms with E-state index in [9.17, 15) is 19.7 Å². The molecule has 0 aromatic heterocycles. The summed E-state index contributed by atoms with van der Waals surface area (Å²) in [4.78, 5) is 35.5. The molecule has 2 atom stereocenters. The maximum Gasteiger partial charge on any atom is 0.269 e. The van der Waals surface area contributed by atoms with Gasteiger partial charge in [-0.15, -0.1) is 0 Å². The van der Waals surface area contributed by atoms with Crippen LogP contribution >= 0.6 is 0 Å². The third-order valence-electron chi connectivity index (χ3n) is 6.48. The Morgan fingerprint density at radius 1 is 1.17 bits per heavy atom. The van der Waals surface area contributed by atoms with E-state index >= 15 is 0 Å². The fourth-order valence-corrected chi connectivity index (χ4v) is 4.28.